The van der Waals surface area contributed by atoms with Crippen molar-refractivity contribution in [1.29, 1.82) is 0 Å². The van der Waals surface area contributed by atoms with E-state index in [2.05, 4.69) is 9.47 Å². The number of rotatable bonds is 10. The summed E-state index contributed by atoms with van der Waals surface area (Å²) in [6, 6.07) is 15.1. The molecule has 8 heteroatoms. The van der Waals surface area contributed by atoms with Crippen molar-refractivity contribution >= 4 is 12.9 Å². The van der Waals surface area contributed by atoms with E-state index < -0.39 is 11.6 Å². The lowest BCUT2D eigenvalue weighted by molar-refractivity contribution is -0.124. The maximum absolute atomic E-state index is 14.8. The quantitative estimate of drug-likeness (QED) is 0.314. The van der Waals surface area contributed by atoms with Gasteiger partial charge in [0.1, 0.15) is 48.2 Å². The summed E-state index contributed by atoms with van der Waals surface area (Å²) in [7, 11) is 0. The number of hydrogen-bond acceptors (Lipinski definition) is 6. The first kappa shape index (κ1) is 22.2. The van der Waals surface area contributed by atoms with Gasteiger partial charge in [-0.1, -0.05) is 24.3 Å². The molecule has 0 aliphatic heterocycles. The average Bonchev–Trinajstić information content (AvgIpc) is 2.80. The Labute approximate surface area is 181 Å². The number of halogens is 2. The van der Waals surface area contributed by atoms with Crippen LogP contribution in [0.2, 0.25) is 0 Å². The van der Waals surface area contributed by atoms with Crippen LogP contribution in [0.25, 0.3) is 22.3 Å². The van der Waals surface area contributed by atoms with Crippen LogP contribution in [0.5, 0.6) is 11.5 Å². The molecular weight excluding hydrogens is 422 g/mol. The average molecular weight is 438 g/mol. The van der Waals surface area contributed by atoms with Crippen LogP contribution >= 0.6 is 0 Å². The van der Waals surface area contributed by atoms with E-state index in [-0.39, 0.29) is 24.3 Å². The van der Waals surface area contributed by atoms with E-state index >= 15 is 0 Å². The maximum atomic E-state index is 14.8. The molecule has 3 aromatic rings. The fourth-order valence-electron chi connectivity index (χ4n) is 2.77. The number of benzene rings is 3. The van der Waals surface area contributed by atoms with Crippen molar-refractivity contribution in [3.63, 3.8) is 0 Å². The first-order valence-electron chi connectivity index (χ1n) is 9.14. The van der Waals surface area contributed by atoms with Crippen molar-refractivity contribution < 1.29 is 37.3 Å². The first-order valence-corrected chi connectivity index (χ1v) is 9.14. The van der Waals surface area contributed by atoms with Crippen molar-refractivity contribution in [3.8, 4) is 33.8 Å². The lowest BCUT2D eigenvalue weighted by Gasteiger charge is -2.09. The molecular formula is C24H16F2O6. The van der Waals surface area contributed by atoms with Gasteiger partial charge >= 0.3 is 0 Å². The predicted octanol–water partition coefficient (Wildman–Crippen LogP) is 5.34. The molecule has 6 nitrogen and oxygen atoms in total. The van der Waals surface area contributed by atoms with Crippen LogP contribution in [0.15, 0.2) is 85.7 Å². The van der Waals surface area contributed by atoms with Crippen LogP contribution in [0.1, 0.15) is 0 Å². The molecule has 0 fully saturated rings. The summed E-state index contributed by atoms with van der Waals surface area (Å²) in [6.45, 7) is 0.475. The van der Waals surface area contributed by atoms with Crippen molar-refractivity contribution in [1.82, 2.24) is 0 Å². The molecule has 0 bridgehead atoms. The third kappa shape index (κ3) is 5.79. The van der Waals surface area contributed by atoms with Crippen molar-refractivity contribution in [3.05, 3.63) is 97.3 Å². The van der Waals surface area contributed by atoms with Gasteiger partial charge in [-0.3, -0.25) is 9.59 Å². The molecule has 0 heterocycles. The molecule has 3 aromatic carbocycles. The van der Waals surface area contributed by atoms with Gasteiger partial charge in [-0.2, -0.15) is 0 Å². The second kappa shape index (κ2) is 11.1. The highest BCUT2D eigenvalue weighted by molar-refractivity contribution is 5.72. The van der Waals surface area contributed by atoms with E-state index in [1.54, 1.807) is 36.4 Å². The molecule has 0 aliphatic carbocycles. The Hall–Kier alpha value is -4.46. The van der Waals surface area contributed by atoms with E-state index in [1.807, 2.05) is 0 Å². The third-order valence-corrected chi connectivity index (χ3v) is 4.17. The van der Waals surface area contributed by atoms with Crippen molar-refractivity contribution in [2.24, 2.45) is 0 Å². The normalized spacial score (nSPS) is 10.8. The Morgan fingerprint density at radius 1 is 0.562 bits per heavy atom. The van der Waals surface area contributed by atoms with E-state index in [0.29, 0.717) is 22.4 Å². The van der Waals surface area contributed by atoms with Gasteiger partial charge in [-0.05, 0) is 41.5 Å². The lowest BCUT2D eigenvalue weighted by Crippen LogP contribution is -1.91. The molecule has 0 N–H and O–H groups in total. The van der Waals surface area contributed by atoms with Crippen LogP contribution in [0.4, 0.5) is 8.78 Å². The van der Waals surface area contributed by atoms with Gasteiger partial charge in [-0.15, -0.1) is 0 Å². The summed E-state index contributed by atoms with van der Waals surface area (Å²) in [4.78, 5) is 20.1. The summed E-state index contributed by atoms with van der Waals surface area (Å²) >= 11 is 0. The van der Waals surface area contributed by atoms with Crippen LogP contribution < -0.4 is 9.47 Å². The fraction of sp³-hybridized carbons (Fsp3) is 0. The largest absolute Gasteiger partial charge is 0.462 e. The molecule has 0 radical (unpaired) electrons. The fourth-order valence-corrected chi connectivity index (χ4v) is 2.77. The molecule has 0 unspecified atom stereocenters. The second-order valence-electron chi connectivity index (χ2n) is 6.11. The highest BCUT2D eigenvalue weighted by Crippen LogP contribution is 2.31. The van der Waals surface area contributed by atoms with Gasteiger partial charge in [0.25, 0.3) is 12.9 Å². The van der Waals surface area contributed by atoms with Crippen LogP contribution in [-0.2, 0) is 19.1 Å². The Morgan fingerprint density at radius 2 is 1.06 bits per heavy atom. The van der Waals surface area contributed by atoms with Gasteiger partial charge in [0.2, 0.25) is 0 Å². The summed E-state index contributed by atoms with van der Waals surface area (Å²) in [5, 5.41) is 0. The first-order chi connectivity index (χ1) is 15.6. The Balaban J connectivity index is 1.75. The zero-order chi connectivity index (χ0) is 22.8. The van der Waals surface area contributed by atoms with Crippen LogP contribution in [0, 0.1) is 11.6 Å². The minimum absolute atomic E-state index is 0.184. The number of carbonyl (C=O) groups is 2. The molecule has 0 saturated heterocycles. The van der Waals surface area contributed by atoms with E-state index in [4.69, 9.17) is 9.47 Å². The summed E-state index contributed by atoms with van der Waals surface area (Å²) < 4.78 is 48.3. The minimum Gasteiger partial charge on any atom is -0.462 e. The van der Waals surface area contributed by atoms with Crippen molar-refractivity contribution in [2.75, 3.05) is 0 Å². The summed E-state index contributed by atoms with van der Waals surface area (Å²) in [5.74, 6) is -0.478. The molecule has 0 aliphatic rings. The summed E-state index contributed by atoms with van der Waals surface area (Å²) in [6.07, 6.45) is 4.36. The van der Waals surface area contributed by atoms with Gasteiger partial charge < -0.3 is 18.9 Å². The predicted molar refractivity (Wildman–Crippen MR) is 111 cm³/mol. The van der Waals surface area contributed by atoms with Gasteiger partial charge in [-0.25, -0.2) is 8.78 Å². The molecule has 162 valence electrons. The number of hydrogen-bond donors (Lipinski definition) is 0. The van der Waals surface area contributed by atoms with Crippen LogP contribution in [-0.4, -0.2) is 12.9 Å². The summed E-state index contributed by atoms with van der Waals surface area (Å²) in [5.41, 5.74) is 1.49. The second-order valence-corrected chi connectivity index (χ2v) is 6.11. The van der Waals surface area contributed by atoms with E-state index in [0.717, 1.165) is 24.9 Å². The minimum atomic E-state index is -0.604. The van der Waals surface area contributed by atoms with Gasteiger partial charge in [0, 0.05) is 17.2 Å². The standard InChI is InChI=1S/C24H16F2O6/c25-23-13-18(22-8-6-20(14-24(22)26)32-12-10-30-16-28)3-7-21(23)17-1-4-19(5-2-17)31-11-9-29-15-27/h1-16H/b11-9-,12-10-. The molecule has 3 rings (SSSR count). The topological polar surface area (TPSA) is 71.1 Å². The SMILES string of the molecule is O=CO/C=C\Oc1ccc(-c2ccc(-c3ccc(O/C=C\OC=O)cc3F)cc2F)cc1. The molecule has 0 aromatic heterocycles. The van der Waals surface area contributed by atoms with Crippen molar-refractivity contribution in [2.45, 2.75) is 0 Å². The number of ether oxygens (including phenoxy) is 4. The smallest absolute Gasteiger partial charge is 0.298 e. The third-order valence-electron chi connectivity index (χ3n) is 4.17. The molecule has 0 saturated carbocycles. The molecule has 0 spiro atoms. The Bertz CT molecular complexity index is 1140. The van der Waals surface area contributed by atoms with Crippen LogP contribution in [0.3, 0.4) is 0 Å². The van der Waals surface area contributed by atoms with E-state index in [9.17, 15) is 18.4 Å². The Morgan fingerprint density at radius 3 is 1.66 bits per heavy atom. The highest BCUT2D eigenvalue weighted by Gasteiger charge is 2.11. The lowest BCUT2D eigenvalue weighted by atomic mass is 9.99. The molecule has 0 atom stereocenters. The maximum Gasteiger partial charge on any atom is 0.298 e. The van der Waals surface area contributed by atoms with E-state index in [1.165, 1.54) is 24.5 Å². The highest BCUT2D eigenvalue weighted by atomic mass is 19.1. The zero-order valence-corrected chi connectivity index (χ0v) is 16.4. The van der Waals surface area contributed by atoms with Gasteiger partial charge in [0.15, 0.2) is 0 Å². The van der Waals surface area contributed by atoms with Gasteiger partial charge in [0.05, 0.1) is 0 Å². The molecule has 32 heavy (non-hydrogen) atoms. The zero-order valence-electron chi connectivity index (χ0n) is 16.4. The Kier molecular flexibility index (Phi) is 7.69. The number of carbonyl (C=O) groups excluding carboxylic acids is 2. The molecule has 0 amide bonds. The monoisotopic (exact) mass is 438 g/mol.